The molecule has 0 unspecified atom stereocenters. The number of sulfonamides is 1. The van der Waals surface area contributed by atoms with Crippen LogP contribution in [0, 0.1) is 0 Å². The van der Waals surface area contributed by atoms with E-state index in [1.165, 1.54) is 6.20 Å². The average molecular weight is 265 g/mol. The molecule has 0 bridgehead atoms. The fourth-order valence-corrected chi connectivity index (χ4v) is 2.16. The van der Waals surface area contributed by atoms with Gasteiger partial charge in [-0.1, -0.05) is 11.6 Å². The smallest absolute Gasteiger partial charge is 0.235 e. The van der Waals surface area contributed by atoms with Crippen LogP contribution in [0.15, 0.2) is 18.3 Å². The zero-order valence-corrected chi connectivity index (χ0v) is 10.4. The summed E-state index contributed by atoms with van der Waals surface area (Å²) in [6.45, 7) is 2.45. The number of nitrogens with one attached hydrogen (secondary N) is 1. The molecule has 5 nitrogen and oxygen atoms in total. The molecule has 7 heteroatoms. The van der Waals surface area contributed by atoms with Gasteiger partial charge < -0.3 is 4.74 Å². The van der Waals surface area contributed by atoms with Crippen LogP contribution in [0.4, 0.5) is 5.69 Å². The molecule has 0 saturated heterocycles. The summed E-state index contributed by atoms with van der Waals surface area (Å²) < 4.78 is 30.4. The summed E-state index contributed by atoms with van der Waals surface area (Å²) in [5.74, 6) is -0.105. The first kappa shape index (κ1) is 13.2. The van der Waals surface area contributed by atoms with Gasteiger partial charge in [-0.2, -0.15) is 0 Å². The molecule has 0 atom stereocenters. The van der Waals surface area contributed by atoms with Crippen molar-refractivity contribution in [2.24, 2.45) is 0 Å². The van der Waals surface area contributed by atoms with Crippen molar-refractivity contribution < 1.29 is 13.2 Å². The topological polar surface area (TPSA) is 68.3 Å². The molecule has 0 saturated carbocycles. The number of hydrogen-bond acceptors (Lipinski definition) is 4. The van der Waals surface area contributed by atoms with Gasteiger partial charge in [0.05, 0.1) is 18.0 Å². The van der Waals surface area contributed by atoms with Crippen LogP contribution in [0.25, 0.3) is 0 Å². The molecule has 0 fully saturated rings. The maximum absolute atomic E-state index is 11.5. The highest BCUT2D eigenvalue weighted by Crippen LogP contribution is 2.18. The van der Waals surface area contributed by atoms with Crippen molar-refractivity contribution in [3.63, 3.8) is 0 Å². The van der Waals surface area contributed by atoms with Crippen molar-refractivity contribution >= 4 is 27.3 Å². The molecule has 1 rings (SSSR count). The lowest BCUT2D eigenvalue weighted by atomic mass is 10.4. The van der Waals surface area contributed by atoms with Crippen LogP contribution in [0.3, 0.4) is 0 Å². The summed E-state index contributed by atoms with van der Waals surface area (Å²) in [6, 6.07) is 3.15. The Labute approximate surface area is 99.8 Å². The van der Waals surface area contributed by atoms with Gasteiger partial charge in [-0.3, -0.25) is 4.72 Å². The van der Waals surface area contributed by atoms with Crippen LogP contribution in [0.1, 0.15) is 6.92 Å². The van der Waals surface area contributed by atoms with E-state index in [-0.39, 0.29) is 23.2 Å². The van der Waals surface area contributed by atoms with Gasteiger partial charge in [0.25, 0.3) is 0 Å². The second-order valence-electron chi connectivity index (χ2n) is 2.96. The number of halogens is 1. The van der Waals surface area contributed by atoms with Crippen LogP contribution >= 0.6 is 11.6 Å². The van der Waals surface area contributed by atoms with Gasteiger partial charge in [0.2, 0.25) is 10.0 Å². The molecule has 0 aliphatic heterocycles. The molecule has 0 spiro atoms. The fourth-order valence-electron chi connectivity index (χ4n) is 0.994. The zero-order valence-electron chi connectivity index (χ0n) is 8.81. The molecule has 90 valence electrons. The van der Waals surface area contributed by atoms with Crippen molar-refractivity contribution in [3.8, 4) is 0 Å². The Morgan fingerprint density at radius 2 is 2.31 bits per heavy atom. The molecule has 0 aliphatic carbocycles. The van der Waals surface area contributed by atoms with E-state index >= 15 is 0 Å². The van der Waals surface area contributed by atoms with Crippen molar-refractivity contribution in [3.05, 3.63) is 23.5 Å². The predicted molar refractivity (Wildman–Crippen MR) is 63.1 cm³/mol. The molecule has 0 amide bonds. The maximum atomic E-state index is 11.5. The van der Waals surface area contributed by atoms with Crippen LogP contribution in [0.5, 0.6) is 0 Å². The van der Waals surface area contributed by atoms with Crippen molar-refractivity contribution in [1.29, 1.82) is 0 Å². The molecule has 1 aromatic heterocycles. The van der Waals surface area contributed by atoms with E-state index in [2.05, 4.69) is 9.71 Å². The standard InChI is InChI=1S/C9H13ClN2O3S/c1-2-15-6-7-16(13,14)12-8-4-3-5-11-9(8)10/h3-5,12H,2,6-7H2,1H3. The van der Waals surface area contributed by atoms with Crippen LogP contribution in [0.2, 0.25) is 5.15 Å². The van der Waals surface area contributed by atoms with Gasteiger partial charge in [0.1, 0.15) is 0 Å². The van der Waals surface area contributed by atoms with Crippen molar-refractivity contribution in [1.82, 2.24) is 4.98 Å². The first-order valence-electron chi connectivity index (χ1n) is 4.74. The minimum absolute atomic E-state index is 0.105. The average Bonchev–Trinajstić information content (AvgIpc) is 2.21. The third-order valence-electron chi connectivity index (χ3n) is 1.73. The Morgan fingerprint density at radius 3 is 2.94 bits per heavy atom. The minimum Gasteiger partial charge on any atom is -0.381 e. The summed E-state index contributed by atoms with van der Waals surface area (Å²) in [7, 11) is -3.43. The number of nitrogens with zero attached hydrogens (tertiary/aromatic N) is 1. The summed E-state index contributed by atoms with van der Waals surface area (Å²) in [6.07, 6.45) is 1.49. The van der Waals surface area contributed by atoms with E-state index in [1.54, 1.807) is 19.1 Å². The predicted octanol–water partition coefficient (Wildman–Crippen LogP) is 1.51. The highest BCUT2D eigenvalue weighted by atomic mass is 35.5. The summed E-state index contributed by atoms with van der Waals surface area (Å²) in [5, 5.41) is 0.127. The third-order valence-corrected chi connectivity index (χ3v) is 3.26. The molecule has 1 heterocycles. The van der Waals surface area contributed by atoms with E-state index in [1.807, 2.05) is 0 Å². The van der Waals surface area contributed by atoms with Crippen molar-refractivity contribution in [2.75, 3.05) is 23.7 Å². The highest BCUT2D eigenvalue weighted by molar-refractivity contribution is 7.92. The van der Waals surface area contributed by atoms with E-state index < -0.39 is 10.0 Å². The van der Waals surface area contributed by atoms with Crippen LogP contribution in [-0.2, 0) is 14.8 Å². The largest absolute Gasteiger partial charge is 0.381 e. The molecular formula is C9H13ClN2O3S. The SMILES string of the molecule is CCOCCS(=O)(=O)Nc1cccnc1Cl. The van der Waals surface area contributed by atoms with Crippen LogP contribution < -0.4 is 4.72 Å². The monoisotopic (exact) mass is 264 g/mol. The second kappa shape index (κ2) is 6.03. The van der Waals surface area contributed by atoms with Gasteiger partial charge in [-0.15, -0.1) is 0 Å². The van der Waals surface area contributed by atoms with E-state index in [0.717, 1.165) is 0 Å². The van der Waals surface area contributed by atoms with Crippen molar-refractivity contribution in [2.45, 2.75) is 6.92 Å². The summed E-state index contributed by atoms with van der Waals surface area (Å²) in [5.41, 5.74) is 0.278. The first-order chi connectivity index (χ1) is 7.55. The molecule has 1 N–H and O–H groups in total. The lowest BCUT2D eigenvalue weighted by molar-refractivity contribution is 0.163. The fraction of sp³-hybridized carbons (Fsp3) is 0.444. The third kappa shape index (κ3) is 4.34. The zero-order chi connectivity index (χ0) is 12.0. The number of rotatable bonds is 6. The van der Waals surface area contributed by atoms with E-state index in [0.29, 0.717) is 6.61 Å². The van der Waals surface area contributed by atoms with Gasteiger partial charge in [0, 0.05) is 12.8 Å². The summed E-state index contributed by atoms with van der Waals surface area (Å²) >= 11 is 5.72. The first-order valence-corrected chi connectivity index (χ1v) is 6.77. The Kier molecular flexibility index (Phi) is 4.98. The molecule has 0 aliphatic rings. The van der Waals surface area contributed by atoms with E-state index in [4.69, 9.17) is 16.3 Å². The normalized spacial score (nSPS) is 11.4. The van der Waals surface area contributed by atoms with Crippen LogP contribution in [-0.4, -0.2) is 32.4 Å². The second-order valence-corrected chi connectivity index (χ2v) is 5.16. The van der Waals surface area contributed by atoms with E-state index in [9.17, 15) is 8.42 Å². The Hall–Kier alpha value is -0.850. The Bertz CT molecular complexity index is 436. The molecule has 1 aromatic rings. The number of aromatic nitrogens is 1. The molecule has 0 aromatic carbocycles. The highest BCUT2D eigenvalue weighted by Gasteiger charge is 2.12. The quantitative estimate of drug-likeness (QED) is 0.625. The summed E-state index contributed by atoms with van der Waals surface area (Å²) in [4.78, 5) is 3.77. The number of ether oxygens (including phenoxy) is 1. The maximum Gasteiger partial charge on any atom is 0.235 e. The van der Waals surface area contributed by atoms with Gasteiger partial charge >= 0.3 is 0 Å². The number of hydrogen-bond donors (Lipinski definition) is 1. The lowest BCUT2D eigenvalue weighted by Crippen LogP contribution is -2.20. The number of anilines is 1. The lowest BCUT2D eigenvalue weighted by Gasteiger charge is -2.08. The Balaban J connectivity index is 2.63. The Morgan fingerprint density at radius 1 is 1.56 bits per heavy atom. The molecular weight excluding hydrogens is 252 g/mol. The minimum atomic E-state index is -3.43. The van der Waals surface area contributed by atoms with Gasteiger partial charge in [0.15, 0.2) is 5.15 Å². The van der Waals surface area contributed by atoms with Gasteiger partial charge in [-0.25, -0.2) is 13.4 Å². The van der Waals surface area contributed by atoms with Gasteiger partial charge in [-0.05, 0) is 19.1 Å². The molecule has 0 radical (unpaired) electrons. The number of pyridine rings is 1. The molecule has 16 heavy (non-hydrogen) atoms.